The molecule has 0 saturated carbocycles. The zero-order valence-corrected chi connectivity index (χ0v) is 18.4. The van der Waals surface area contributed by atoms with Gasteiger partial charge in [-0.05, 0) is 84.4 Å². The van der Waals surface area contributed by atoms with Crippen molar-refractivity contribution in [2.45, 2.75) is 32.8 Å². The summed E-state index contributed by atoms with van der Waals surface area (Å²) in [7, 11) is 0. The molecule has 0 spiro atoms. The van der Waals surface area contributed by atoms with Crippen LogP contribution in [0.2, 0.25) is 0 Å². The Bertz CT molecular complexity index is 1120. The second kappa shape index (κ2) is 8.88. The third-order valence-electron chi connectivity index (χ3n) is 5.39. The lowest BCUT2D eigenvalue weighted by Gasteiger charge is -2.16. The van der Waals surface area contributed by atoms with Gasteiger partial charge in [0.1, 0.15) is 12.4 Å². The number of allylic oxidation sites excluding steroid dienone is 2. The maximum Gasteiger partial charge on any atom is 0.335 e. The SMILES string of the molecule is Cc1cc(C(=O)O)cc(C2=C(c3cc(Br)ccc3OCc3ccccc3)CCC2)c1. The fraction of sp³-hybridized carbons (Fsp3) is 0.192. The number of halogens is 1. The lowest BCUT2D eigenvalue weighted by atomic mass is 9.94. The van der Waals surface area contributed by atoms with Gasteiger partial charge in [-0.3, -0.25) is 0 Å². The second-order valence-corrected chi connectivity index (χ2v) is 8.53. The van der Waals surface area contributed by atoms with Gasteiger partial charge in [-0.25, -0.2) is 4.79 Å². The standard InChI is InChI=1S/C26H23BrO3/c1-17-12-19(14-20(13-17)26(28)29)22-8-5-9-23(22)24-15-21(27)10-11-25(24)30-16-18-6-3-2-4-7-18/h2-4,6-7,10-15H,5,8-9,16H2,1H3,(H,28,29). The molecule has 152 valence electrons. The van der Waals surface area contributed by atoms with Crippen molar-refractivity contribution < 1.29 is 14.6 Å². The first-order valence-corrected chi connectivity index (χ1v) is 10.8. The van der Waals surface area contributed by atoms with Crippen molar-refractivity contribution in [2.24, 2.45) is 0 Å². The minimum Gasteiger partial charge on any atom is -0.488 e. The van der Waals surface area contributed by atoms with Crippen molar-refractivity contribution in [3.8, 4) is 5.75 Å². The second-order valence-electron chi connectivity index (χ2n) is 7.62. The average molecular weight is 463 g/mol. The van der Waals surface area contributed by atoms with Crippen LogP contribution in [-0.2, 0) is 6.61 Å². The zero-order chi connectivity index (χ0) is 21.1. The van der Waals surface area contributed by atoms with Crippen molar-refractivity contribution in [3.05, 3.63) is 99.0 Å². The molecule has 1 aliphatic carbocycles. The fourth-order valence-corrected chi connectivity index (χ4v) is 4.40. The van der Waals surface area contributed by atoms with Gasteiger partial charge >= 0.3 is 5.97 Å². The highest BCUT2D eigenvalue weighted by molar-refractivity contribution is 9.10. The molecule has 1 aliphatic rings. The third-order valence-corrected chi connectivity index (χ3v) is 5.89. The summed E-state index contributed by atoms with van der Waals surface area (Å²) in [4.78, 5) is 11.5. The number of carboxylic acids is 1. The van der Waals surface area contributed by atoms with Gasteiger partial charge in [-0.15, -0.1) is 0 Å². The lowest BCUT2D eigenvalue weighted by Crippen LogP contribution is -2.00. The monoisotopic (exact) mass is 462 g/mol. The predicted octanol–water partition coefficient (Wildman–Crippen LogP) is 7.13. The molecule has 0 aromatic heterocycles. The summed E-state index contributed by atoms with van der Waals surface area (Å²) >= 11 is 3.60. The van der Waals surface area contributed by atoms with Crippen LogP contribution >= 0.6 is 15.9 Å². The normalized spacial score (nSPS) is 13.5. The highest BCUT2D eigenvalue weighted by atomic mass is 79.9. The van der Waals surface area contributed by atoms with Gasteiger partial charge < -0.3 is 9.84 Å². The van der Waals surface area contributed by atoms with Gasteiger partial charge in [0.05, 0.1) is 5.56 Å². The van der Waals surface area contributed by atoms with Crippen molar-refractivity contribution in [3.63, 3.8) is 0 Å². The van der Waals surface area contributed by atoms with Gasteiger partial charge in [0, 0.05) is 10.0 Å². The van der Waals surface area contributed by atoms with E-state index in [2.05, 4.69) is 40.2 Å². The Morgan fingerprint density at radius 2 is 1.77 bits per heavy atom. The molecule has 30 heavy (non-hydrogen) atoms. The highest BCUT2D eigenvalue weighted by Gasteiger charge is 2.22. The molecular weight excluding hydrogens is 440 g/mol. The Kier molecular flexibility index (Phi) is 6.05. The smallest absolute Gasteiger partial charge is 0.335 e. The molecule has 0 atom stereocenters. The van der Waals surface area contributed by atoms with E-state index in [0.29, 0.717) is 12.2 Å². The molecule has 0 radical (unpaired) electrons. The van der Waals surface area contributed by atoms with Gasteiger partial charge in [0.15, 0.2) is 0 Å². The van der Waals surface area contributed by atoms with E-state index in [4.69, 9.17) is 4.74 Å². The summed E-state index contributed by atoms with van der Waals surface area (Å²) in [6.45, 7) is 2.45. The van der Waals surface area contributed by atoms with Crippen LogP contribution < -0.4 is 4.74 Å². The molecule has 4 heteroatoms. The Hall–Kier alpha value is -2.85. The molecule has 0 aliphatic heterocycles. The zero-order valence-electron chi connectivity index (χ0n) is 16.8. The number of aromatic carboxylic acids is 1. The van der Waals surface area contributed by atoms with Crippen molar-refractivity contribution in [2.75, 3.05) is 0 Å². The molecule has 3 aromatic carbocycles. The number of rotatable bonds is 6. The molecule has 0 unspecified atom stereocenters. The molecule has 3 aromatic rings. The first kappa shape index (κ1) is 20.4. The van der Waals surface area contributed by atoms with Crippen LogP contribution in [0, 0.1) is 6.92 Å². The number of carboxylic acid groups (broad SMARTS) is 1. The molecule has 0 amide bonds. The maximum atomic E-state index is 11.5. The average Bonchev–Trinajstić information content (AvgIpc) is 3.23. The van der Waals surface area contributed by atoms with Gasteiger partial charge in [0.2, 0.25) is 0 Å². The molecule has 0 saturated heterocycles. The Labute approximate surface area is 185 Å². The number of carbonyl (C=O) groups is 1. The van der Waals surface area contributed by atoms with Crippen molar-refractivity contribution in [1.82, 2.24) is 0 Å². The fourth-order valence-electron chi connectivity index (χ4n) is 4.04. The third kappa shape index (κ3) is 4.49. The molecule has 4 rings (SSSR count). The molecule has 0 bridgehead atoms. The predicted molar refractivity (Wildman–Crippen MR) is 124 cm³/mol. The van der Waals surface area contributed by atoms with E-state index in [9.17, 15) is 9.90 Å². The number of benzene rings is 3. The molecule has 1 N–H and O–H groups in total. The van der Waals surface area contributed by atoms with Crippen LogP contribution in [0.15, 0.2) is 71.2 Å². The summed E-state index contributed by atoms with van der Waals surface area (Å²) in [5.41, 5.74) is 6.93. The van der Waals surface area contributed by atoms with E-state index >= 15 is 0 Å². The number of hydrogen-bond donors (Lipinski definition) is 1. The molecule has 0 fully saturated rings. The summed E-state index contributed by atoms with van der Waals surface area (Å²) in [6, 6.07) is 21.8. The van der Waals surface area contributed by atoms with Gasteiger partial charge in [-0.2, -0.15) is 0 Å². The molecular formula is C26H23BrO3. The first-order chi connectivity index (χ1) is 14.5. The van der Waals surface area contributed by atoms with Crippen LogP contribution in [0.5, 0.6) is 5.75 Å². The van der Waals surface area contributed by atoms with E-state index in [0.717, 1.165) is 51.7 Å². The van der Waals surface area contributed by atoms with E-state index in [1.54, 1.807) is 12.1 Å². The summed E-state index contributed by atoms with van der Waals surface area (Å²) in [5.74, 6) is -0.0444. The largest absolute Gasteiger partial charge is 0.488 e. The van der Waals surface area contributed by atoms with Crippen molar-refractivity contribution >= 4 is 33.0 Å². The van der Waals surface area contributed by atoms with Crippen LogP contribution in [0.25, 0.3) is 11.1 Å². The number of aryl methyl sites for hydroxylation is 1. The van der Waals surface area contributed by atoms with E-state index in [-0.39, 0.29) is 0 Å². The van der Waals surface area contributed by atoms with Crippen molar-refractivity contribution in [1.29, 1.82) is 0 Å². The van der Waals surface area contributed by atoms with Crippen LogP contribution in [0.3, 0.4) is 0 Å². The maximum absolute atomic E-state index is 11.5. The molecule has 3 nitrogen and oxygen atoms in total. The lowest BCUT2D eigenvalue weighted by molar-refractivity contribution is 0.0696. The van der Waals surface area contributed by atoms with Crippen LogP contribution in [0.1, 0.15) is 51.9 Å². The quantitative estimate of drug-likeness (QED) is 0.423. The van der Waals surface area contributed by atoms with E-state index in [1.165, 1.54) is 11.1 Å². The molecule has 0 heterocycles. The Morgan fingerprint density at radius 1 is 1.00 bits per heavy atom. The van der Waals surface area contributed by atoms with Crippen LogP contribution in [0.4, 0.5) is 0 Å². The highest BCUT2D eigenvalue weighted by Crippen LogP contribution is 2.44. The first-order valence-electron chi connectivity index (χ1n) is 10.1. The number of ether oxygens (including phenoxy) is 1. The van der Waals surface area contributed by atoms with E-state index in [1.807, 2.05) is 37.3 Å². The van der Waals surface area contributed by atoms with Gasteiger partial charge in [0.25, 0.3) is 0 Å². The summed E-state index contributed by atoms with van der Waals surface area (Å²) < 4.78 is 7.21. The number of hydrogen-bond acceptors (Lipinski definition) is 2. The summed E-state index contributed by atoms with van der Waals surface area (Å²) in [5, 5.41) is 9.48. The Balaban J connectivity index is 1.75. The minimum atomic E-state index is -0.894. The van der Waals surface area contributed by atoms with Crippen LogP contribution in [-0.4, -0.2) is 11.1 Å². The Morgan fingerprint density at radius 3 is 2.53 bits per heavy atom. The summed E-state index contributed by atoms with van der Waals surface area (Å²) in [6.07, 6.45) is 2.93. The topological polar surface area (TPSA) is 46.5 Å². The van der Waals surface area contributed by atoms with E-state index < -0.39 is 5.97 Å². The van der Waals surface area contributed by atoms with Gasteiger partial charge in [-0.1, -0.05) is 52.3 Å². The minimum absolute atomic E-state index is 0.332.